The minimum Gasteiger partial charge on any atom is -0.332 e. The topological polar surface area (TPSA) is 50.7 Å². The van der Waals surface area contributed by atoms with E-state index in [0.717, 1.165) is 45.1 Å². The number of aliphatic imine (C=N–C) groups is 2. The van der Waals surface area contributed by atoms with Crippen LogP contribution in [0.2, 0.25) is 0 Å². The second-order valence-electron chi connectivity index (χ2n) is 12.9. The van der Waals surface area contributed by atoms with Crippen LogP contribution in [0.5, 0.6) is 0 Å². The maximum absolute atomic E-state index is 5.24. The van der Waals surface area contributed by atoms with E-state index in [-0.39, 0.29) is 0 Å². The molecule has 51 heavy (non-hydrogen) atoms. The molecular formula is C45H32N6. The number of aromatic nitrogens is 3. The van der Waals surface area contributed by atoms with Gasteiger partial charge in [-0.15, -0.1) is 0 Å². The number of fused-ring (bicyclic) bond motifs is 7. The molecular weight excluding hydrogens is 625 g/mol. The van der Waals surface area contributed by atoms with Crippen molar-refractivity contribution >= 4 is 55.3 Å². The number of rotatable bonds is 5. The Hall–Kier alpha value is -6.79. The van der Waals surface area contributed by atoms with Crippen LogP contribution in [-0.4, -0.2) is 37.7 Å². The van der Waals surface area contributed by atoms with Crippen LogP contribution in [0.4, 0.5) is 0 Å². The van der Waals surface area contributed by atoms with Crippen molar-refractivity contribution in [3.05, 3.63) is 187 Å². The molecule has 6 nitrogen and oxygen atoms in total. The average molecular weight is 657 g/mol. The Kier molecular flexibility index (Phi) is 6.67. The van der Waals surface area contributed by atoms with Crippen molar-refractivity contribution in [3.63, 3.8) is 0 Å². The summed E-state index contributed by atoms with van der Waals surface area (Å²) in [6, 6.07) is 57.5. The summed E-state index contributed by atoms with van der Waals surface area (Å²) in [7, 11) is 2.05. The van der Waals surface area contributed by atoms with Gasteiger partial charge in [-0.05, 0) is 36.4 Å². The third-order valence-electron chi connectivity index (χ3n) is 9.99. The van der Waals surface area contributed by atoms with Gasteiger partial charge >= 0.3 is 0 Å². The molecule has 0 N–H and O–H groups in total. The fraction of sp³-hybridized carbons (Fsp3) is 0.0444. The molecule has 10 rings (SSSR count). The first-order chi connectivity index (χ1) is 25.2. The van der Waals surface area contributed by atoms with Crippen LogP contribution < -0.4 is 0 Å². The van der Waals surface area contributed by atoms with Crippen molar-refractivity contribution in [3.8, 4) is 11.4 Å². The molecule has 6 aromatic carbocycles. The monoisotopic (exact) mass is 656 g/mol. The molecule has 0 saturated carbocycles. The molecule has 6 heteroatoms. The number of benzene rings is 6. The lowest BCUT2D eigenvalue weighted by atomic mass is 10.1. The highest BCUT2D eigenvalue weighted by molar-refractivity contribution is 6.23. The molecule has 3 aromatic heterocycles. The molecule has 1 aliphatic heterocycles. The fourth-order valence-corrected chi connectivity index (χ4v) is 7.70. The van der Waals surface area contributed by atoms with Crippen molar-refractivity contribution in [2.24, 2.45) is 9.98 Å². The first-order valence-corrected chi connectivity index (χ1v) is 17.2. The number of hydrogen-bond donors (Lipinski definition) is 0. The maximum Gasteiger partial charge on any atom is 0.167 e. The van der Waals surface area contributed by atoms with Gasteiger partial charge in [-0.2, -0.15) is 0 Å². The maximum atomic E-state index is 5.24. The van der Waals surface area contributed by atoms with Gasteiger partial charge in [-0.25, -0.2) is 9.98 Å². The Balaban J connectivity index is 1.24. The average Bonchev–Trinajstić information content (AvgIpc) is 3.72. The van der Waals surface area contributed by atoms with Crippen LogP contribution in [-0.2, 0) is 0 Å². The lowest BCUT2D eigenvalue weighted by Crippen LogP contribution is -2.36. The highest BCUT2D eigenvalue weighted by atomic mass is 15.3. The molecule has 1 unspecified atom stereocenters. The van der Waals surface area contributed by atoms with Gasteiger partial charge in [0.05, 0.1) is 27.8 Å². The Morgan fingerprint density at radius 3 is 1.65 bits per heavy atom. The van der Waals surface area contributed by atoms with E-state index in [4.69, 9.17) is 15.0 Å². The summed E-state index contributed by atoms with van der Waals surface area (Å²) in [5.41, 5.74) is 9.64. The summed E-state index contributed by atoms with van der Waals surface area (Å²) in [4.78, 5) is 17.4. The van der Waals surface area contributed by atoms with E-state index < -0.39 is 6.17 Å². The summed E-state index contributed by atoms with van der Waals surface area (Å²) in [5.74, 6) is 1.54. The van der Waals surface area contributed by atoms with Crippen LogP contribution in [0.3, 0.4) is 0 Å². The van der Waals surface area contributed by atoms with Gasteiger partial charge in [0.1, 0.15) is 5.84 Å². The molecule has 0 bridgehead atoms. The van der Waals surface area contributed by atoms with Crippen molar-refractivity contribution in [1.29, 1.82) is 0 Å². The van der Waals surface area contributed by atoms with Crippen molar-refractivity contribution in [1.82, 2.24) is 19.0 Å². The first kappa shape index (κ1) is 29.2. The molecule has 9 aromatic rings. The molecule has 0 saturated heterocycles. The van der Waals surface area contributed by atoms with Crippen LogP contribution in [0.1, 0.15) is 23.0 Å². The quantitative estimate of drug-likeness (QED) is 0.185. The second kappa shape index (κ2) is 11.7. The SMILES string of the molecule is CN1C(c2ccccc2)=NC(c2ccccc2)=NC1c1cc(-n2c3ccccc3c3ccc4c5ccccc5n(-c5ccccc5)c4c32)ccn1. The standard InChI is InChI=1S/C45H32N6/c1-49-44(31-17-7-3-8-18-31)47-43(30-15-5-2-6-16-30)48-45(49)38-29-33(27-28-46-38)51-40-24-14-12-22-35(40)37-26-25-36-34-21-11-13-23-39(34)50(41(36)42(37)51)32-19-9-4-10-20-32/h2-29,45H,1H3. The smallest absolute Gasteiger partial charge is 0.167 e. The zero-order valence-electron chi connectivity index (χ0n) is 27.9. The molecule has 0 amide bonds. The lowest BCUT2D eigenvalue weighted by molar-refractivity contribution is 0.375. The fourth-order valence-electron chi connectivity index (χ4n) is 7.70. The van der Waals surface area contributed by atoms with Gasteiger partial charge in [0.15, 0.2) is 12.0 Å². The first-order valence-electron chi connectivity index (χ1n) is 17.2. The third-order valence-corrected chi connectivity index (χ3v) is 9.99. The van der Waals surface area contributed by atoms with E-state index in [1.54, 1.807) is 0 Å². The van der Waals surface area contributed by atoms with Gasteiger partial charge in [0.25, 0.3) is 0 Å². The number of para-hydroxylation sites is 3. The minimum absolute atomic E-state index is 0.392. The molecule has 0 spiro atoms. The van der Waals surface area contributed by atoms with Crippen LogP contribution in [0.25, 0.3) is 55.0 Å². The number of pyridine rings is 1. The van der Waals surface area contributed by atoms with Crippen molar-refractivity contribution in [2.45, 2.75) is 6.17 Å². The molecule has 0 radical (unpaired) electrons. The highest BCUT2D eigenvalue weighted by Crippen LogP contribution is 2.42. The molecule has 1 aliphatic rings. The molecule has 4 heterocycles. The van der Waals surface area contributed by atoms with Crippen LogP contribution in [0.15, 0.2) is 180 Å². The second-order valence-corrected chi connectivity index (χ2v) is 12.9. The molecule has 0 aliphatic carbocycles. The summed E-state index contributed by atoms with van der Waals surface area (Å²) in [6.45, 7) is 0. The number of hydrogen-bond acceptors (Lipinski definition) is 4. The third kappa shape index (κ3) is 4.61. The lowest BCUT2D eigenvalue weighted by Gasteiger charge is -2.32. The van der Waals surface area contributed by atoms with Gasteiger partial charge in [0.2, 0.25) is 0 Å². The minimum atomic E-state index is -0.392. The van der Waals surface area contributed by atoms with Crippen LogP contribution >= 0.6 is 0 Å². The molecule has 242 valence electrons. The van der Waals surface area contributed by atoms with Gasteiger partial charge < -0.3 is 14.0 Å². The van der Waals surface area contributed by atoms with E-state index in [9.17, 15) is 0 Å². The van der Waals surface area contributed by atoms with Gasteiger partial charge in [0, 0.05) is 57.3 Å². The number of amidine groups is 2. The summed E-state index contributed by atoms with van der Waals surface area (Å²) < 4.78 is 4.83. The van der Waals surface area contributed by atoms with Gasteiger partial charge in [-0.1, -0.05) is 127 Å². The Morgan fingerprint density at radius 2 is 1.02 bits per heavy atom. The summed E-state index contributed by atoms with van der Waals surface area (Å²) >= 11 is 0. The predicted octanol–water partition coefficient (Wildman–Crippen LogP) is 10.1. The van der Waals surface area contributed by atoms with E-state index in [0.29, 0.717) is 5.84 Å². The zero-order chi connectivity index (χ0) is 33.9. The van der Waals surface area contributed by atoms with E-state index in [2.05, 4.69) is 148 Å². The Bertz CT molecular complexity index is 2810. The Morgan fingerprint density at radius 1 is 0.490 bits per heavy atom. The Labute approximate surface area is 294 Å². The molecule has 1 atom stereocenters. The van der Waals surface area contributed by atoms with Gasteiger partial charge in [-0.3, -0.25) is 4.98 Å². The zero-order valence-corrected chi connectivity index (χ0v) is 27.9. The molecule has 0 fully saturated rings. The largest absolute Gasteiger partial charge is 0.332 e. The van der Waals surface area contributed by atoms with Crippen LogP contribution in [0, 0.1) is 0 Å². The van der Waals surface area contributed by atoms with E-state index in [1.807, 2.05) is 42.6 Å². The van der Waals surface area contributed by atoms with Crippen molar-refractivity contribution < 1.29 is 0 Å². The van der Waals surface area contributed by atoms with Crippen molar-refractivity contribution in [2.75, 3.05) is 7.05 Å². The van der Waals surface area contributed by atoms with E-state index in [1.165, 1.54) is 32.6 Å². The normalized spacial score (nSPS) is 14.8. The number of nitrogens with zero attached hydrogens (tertiary/aromatic N) is 6. The van der Waals surface area contributed by atoms with E-state index >= 15 is 0 Å². The summed E-state index contributed by atoms with van der Waals surface area (Å²) in [6.07, 6.45) is 1.52. The highest BCUT2D eigenvalue weighted by Gasteiger charge is 2.28. The predicted molar refractivity (Wildman–Crippen MR) is 209 cm³/mol. The summed E-state index contributed by atoms with van der Waals surface area (Å²) in [5, 5.41) is 4.85.